The molecule has 3 aromatic carbocycles. The molecule has 0 saturated heterocycles. The second kappa shape index (κ2) is 11.0. The SMILES string of the molecule is CC[C@H](C)N(CC(=O)N1CCc2sccc2[C@H]1c1ccc(C(C)(C)C)cc1)C(=O)c1cccc2ccccc12. The minimum atomic E-state index is -0.145. The molecule has 2 amide bonds. The van der Waals surface area contributed by atoms with E-state index in [1.54, 1.807) is 16.2 Å². The molecule has 0 radical (unpaired) electrons. The smallest absolute Gasteiger partial charge is 0.255 e. The maximum Gasteiger partial charge on any atom is 0.255 e. The first-order chi connectivity index (χ1) is 18.7. The molecule has 39 heavy (non-hydrogen) atoms. The van der Waals surface area contributed by atoms with Gasteiger partial charge in [0.1, 0.15) is 6.54 Å². The third-order valence-corrected chi connectivity index (χ3v) is 9.08. The lowest BCUT2D eigenvalue weighted by Crippen LogP contribution is -2.49. The van der Waals surface area contributed by atoms with E-state index in [1.807, 2.05) is 54.3 Å². The molecule has 1 aromatic heterocycles. The third kappa shape index (κ3) is 5.38. The third-order valence-electron chi connectivity index (χ3n) is 8.09. The topological polar surface area (TPSA) is 40.6 Å². The van der Waals surface area contributed by atoms with Gasteiger partial charge in [-0.3, -0.25) is 9.59 Å². The number of amides is 2. The van der Waals surface area contributed by atoms with Crippen LogP contribution in [0.3, 0.4) is 0 Å². The van der Waals surface area contributed by atoms with Crippen LogP contribution in [0.2, 0.25) is 0 Å². The molecule has 0 bridgehead atoms. The monoisotopic (exact) mass is 538 g/mol. The van der Waals surface area contributed by atoms with Crippen molar-refractivity contribution in [2.45, 2.75) is 65.0 Å². The molecule has 0 aliphatic carbocycles. The Balaban J connectivity index is 1.47. The summed E-state index contributed by atoms with van der Waals surface area (Å²) in [6.45, 7) is 11.5. The van der Waals surface area contributed by atoms with Crippen LogP contribution in [0.4, 0.5) is 0 Å². The number of thiophene rings is 1. The van der Waals surface area contributed by atoms with Crippen molar-refractivity contribution in [3.8, 4) is 0 Å². The summed E-state index contributed by atoms with van der Waals surface area (Å²) in [5.74, 6) is -0.0977. The number of carbonyl (C=O) groups excluding carboxylic acids is 2. The van der Waals surface area contributed by atoms with E-state index in [1.165, 1.54) is 16.0 Å². The molecule has 1 aliphatic heterocycles. The molecule has 4 aromatic rings. The van der Waals surface area contributed by atoms with E-state index in [-0.39, 0.29) is 35.9 Å². The molecule has 0 saturated carbocycles. The summed E-state index contributed by atoms with van der Waals surface area (Å²) in [6.07, 6.45) is 1.62. The lowest BCUT2D eigenvalue weighted by Gasteiger charge is -2.38. The predicted molar refractivity (Wildman–Crippen MR) is 161 cm³/mol. The fourth-order valence-electron chi connectivity index (χ4n) is 5.56. The van der Waals surface area contributed by atoms with E-state index < -0.39 is 0 Å². The van der Waals surface area contributed by atoms with Gasteiger partial charge in [-0.25, -0.2) is 0 Å². The number of nitrogens with zero attached hydrogens (tertiary/aromatic N) is 2. The van der Waals surface area contributed by atoms with Crippen LogP contribution in [0.1, 0.15) is 79.0 Å². The van der Waals surface area contributed by atoms with E-state index in [0.717, 1.165) is 29.2 Å². The number of hydrogen-bond donors (Lipinski definition) is 0. The van der Waals surface area contributed by atoms with Crippen LogP contribution >= 0.6 is 11.3 Å². The van der Waals surface area contributed by atoms with Crippen LogP contribution in [0.15, 0.2) is 78.2 Å². The second-order valence-corrected chi connectivity index (χ2v) is 12.6. The zero-order valence-electron chi connectivity index (χ0n) is 23.6. The van der Waals surface area contributed by atoms with Gasteiger partial charge in [0.05, 0.1) is 6.04 Å². The highest BCUT2D eigenvalue weighted by molar-refractivity contribution is 7.10. The van der Waals surface area contributed by atoms with Crippen molar-refractivity contribution < 1.29 is 9.59 Å². The summed E-state index contributed by atoms with van der Waals surface area (Å²) >= 11 is 1.77. The summed E-state index contributed by atoms with van der Waals surface area (Å²) in [4.78, 5) is 33.2. The zero-order chi connectivity index (χ0) is 27.7. The van der Waals surface area contributed by atoms with Gasteiger partial charge >= 0.3 is 0 Å². The van der Waals surface area contributed by atoms with Crippen molar-refractivity contribution in [1.82, 2.24) is 9.80 Å². The molecular weight excluding hydrogens is 500 g/mol. The Labute approximate surface area is 236 Å². The van der Waals surface area contributed by atoms with E-state index in [0.29, 0.717) is 12.1 Å². The molecule has 4 nitrogen and oxygen atoms in total. The largest absolute Gasteiger partial charge is 0.330 e. The van der Waals surface area contributed by atoms with Crippen LogP contribution in [0.25, 0.3) is 10.8 Å². The highest BCUT2D eigenvalue weighted by atomic mass is 32.1. The van der Waals surface area contributed by atoms with Crippen LogP contribution in [-0.4, -0.2) is 40.7 Å². The summed E-state index contributed by atoms with van der Waals surface area (Å²) in [5.41, 5.74) is 4.31. The van der Waals surface area contributed by atoms with Gasteiger partial charge in [-0.2, -0.15) is 0 Å². The molecule has 2 atom stereocenters. The summed E-state index contributed by atoms with van der Waals surface area (Å²) in [5, 5.41) is 4.08. The Morgan fingerprint density at radius 1 is 1.00 bits per heavy atom. The Morgan fingerprint density at radius 3 is 2.44 bits per heavy atom. The molecule has 0 fully saturated rings. The average molecular weight is 539 g/mol. The molecule has 202 valence electrons. The van der Waals surface area contributed by atoms with Crippen molar-refractivity contribution in [3.63, 3.8) is 0 Å². The lowest BCUT2D eigenvalue weighted by atomic mass is 9.85. The van der Waals surface area contributed by atoms with E-state index in [4.69, 9.17) is 0 Å². The zero-order valence-corrected chi connectivity index (χ0v) is 24.4. The van der Waals surface area contributed by atoms with Crippen LogP contribution in [-0.2, 0) is 16.6 Å². The standard InChI is InChI=1S/C34H38N2O2S/c1-6-23(2)36(33(38)28-13-9-11-24-10-7-8-12-27(24)28)22-31(37)35-20-18-30-29(19-21-39-30)32(35)25-14-16-26(17-15-25)34(3,4)5/h7-17,19,21,23,32H,6,18,20,22H2,1-5H3/t23-,32+/m0/s1. The molecule has 0 spiro atoms. The molecule has 5 rings (SSSR count). The minimum absolute atomic E-state index is 0.00867. The minimum Gasteiger partial charge on any atom is -0.330 e. The van der Waals surface area contributed by atoms with Gasteiger partial charge in [0.2, 0.25) is 5.91 Å². The highest BCUT2D eigenvalue weighted by Gasteiger charge is 2.35. The first-order valence-electron chi connectivity index (χ1n) is 13.9. The number of carbonyl (C=O) groups is 2. The van der Waals surface area contributed by atoms with Crippen LogP contribution in [0, 0.1) is 0 Å². The van der Waals surface area contributed by atoms with E-state index in [2.05, 4.69) is 63.4 Å². The Bertz CT molecular complexity index is 1480. The van der Waals surface area contributed by atoms with Gasteiger partial charge in [0, 0.05) is 23.0 Å². The fraction of sp³-hybridized carbons (Fsp3) is 0.353. The van der Waals surface area contributed by atoms with Crippen molar-refractivity contribution in [2.75, 3.05) is 13.1 Å². The Hall–Kier alpha value is -3.44. The maximum atomic E-state index is 14.1. The Kier molecular flexibility index (Phi) is 7.64. The molecular formula is C34H38N2O2S. The van der Waals surface area contributed by atoms with Crippen molar-refractivity contribution in [3.05, 3.63) is 105 Å². The Morgan fingerprint density at radius 2 is 1.72 bits per heavy atom. The first-order valence-corrected chi connectivity index (χ1v) is 14.8. The number of rotatable bonds is 6. The van der Waals surface area contributed by atoms with Gasteiger partial charge in [0.25, 0.3) is 5.91 Å². The molecule has 1 aliphatic rings. The molecule has 5 heteroatoms. The van der Waals surface area contributed by atoms with E-state index in [9.17, 15) is 9.59 Å². The number of fused-ring (bicyclic) bond motifs is 2. The van der Waals surface area contributed by atoms with Gasteiger partial charge < -0.3 is 9.80 Å². The van der Waals surface area contributed by atoms with E-state index >= 15 is 0 Å². The van der Waals surface area contributed by atoms with Crippen LogP contribution in [0.5, 0.6) is 0 Å². The quantitative estimate of drug-likeness (QED) is 0.253. The highest BCUT2D eigenvalue weighted by Crippen LogP contribution is 2.38. The second-order valence-electron chi connectivity index (χ2n) is 11.6. The van der Waals surface area contributed by atoms with Gasteiger partial charge in [-0.1, -0.05) is 88.4 Å². The lowest BCUT2D eigenvalue weighted by molar-refractivity contribution is -0.134. The van der Waals surface area contributed by atoms with Gasteiger partial charge in [0.15, 0.2) is 0 Å². The average Bonchev–Trinajstić information content (AvgIpc) is 3.43. The summed E-state index contributed by atoms with van der Waals surface area (Å²) in [7, 11) is 0. The van der Waals surface area contributed by atoms with Crippen molar-refractivity contribution >= 4 is 33.9 Å². The molecule has 0 unspecified atom stereocenters. The normalized spacial score (nSPS) is 16.1. The van der Waals surface area contributed by atoms with Crippen LogP contribution < -0.4 is 0 Å². The van der Waals surface area contributed by atoms with Gasteiger partial charge in [-0.15, -0.1) is 11.3 Å². The predicted octanol–water partition coefficient (Wildman–Crippen LogP) is 7.61. The fourth-order valence-corrected chi connectivity index (χ4v) is 6.47. The molecule has 2 heterocycles. The summed E-state index contributed by atoms with van der Waals surface area (Å²) in [6, 6.07) is 24.4. The first kappa shape index (κ1) is 27.1. The van der Waals surface area contributed by atoms with Gasteiger partial charge in [-0.05, 0) is 70.2 Å². The summed E-state index contributed by atoms with van der Waals surface area (Å²) < 4.78 is 0. The van der Waals surface area contributed by atoms with Crippen molar-refractivity contribution in [1.29, 1.82) is 0 Å². The number of hydrogen-bond acceptors (Lipinski definition) is 3. The maximum absolute atomic E-state index is 14.1. The van der Waals surface area contributed by atoms with Crippen molar-refractivity contribution in [2.24, 2.45) is 0 Å². The molecule has 0 N–H and O–H groups in total. The number of benzene rings is 3.